The third-order valence-electron chi connectivity index (χ3n) is 4.00. The molecule has 2 aliphatic rings. The van der Waals surface area contributed by atoms with Crippen LogP contribution in [0.4, 0.5) is 5.69 Å². The van der Waals surface area contributed by atoms with Crippen LogP contribution in [0.2, 0.25) is 5.02 Å². The molecule has 0 saturated carbocycles. The van der Waals surface area contributed by atoms with Crippen LogP contribution in [0, 0.1) is 5.92 Å². The predicted octanol–water partition coefficient (Wildman–Crippen LogP) is 3.35. The fourth-order valence-corrected chi connectivity index (χ4v) is 3.22. The molecule has 1 saturated heterocycles. The smallest absolute Gasteiger partial charge is 0.143 e. The van der Waals surface area contributed by atoms with Gasteiger partial charge in [0.15, 0.2) is 0 Å². The van der Waals surface area contributed by atoms with Gasteiger partial charge in [-0.2, -0.15) is 0 Å². The van der Waals surface area contributed by atoms with Gasteiger partial charge in [-0.05, 0) is 57.0 Å². The van der Waals surface area contributed by atoms with Crippen LogP contribution in [-0.2, 0) is 0 Å². The molecule has 0 amide bonds. The van der Waals surface area contributed by atoms with Crippen molar-refractivity contribution in [2.75, 3.05) is 31.1 Å². The zero-order valence-corrected chi connectivity index (χ0v) is 13.3. The maximum atomic E-state index is 6.13. The summed E-state index contributed by atoms with van der Waals surface area (Å²) in [6.45, 7) is 6.49. The monoisotopic (exact) mass is 316 g/mol. The number of hydrogen-bond donors (Lipinski definition) is 1. The molecule has 1 N–H and O–H groups in total. The Hall–Kier alpha value is -0.640. The van der Waals surface area contributed by atoms with E-state index in [1.807, 2.05) is 18.2 Å². The molecule has 1 fully saturated rings. The van der Waals surface area contributed by atoms with E-state index < -0.39 is 0 Å². The van der Waals surface area contributed by atoms with E-state index in [0.717, 1.165) is 48.6 Å². The van der Waals surface area contributed by atoms with Crippen molar-refractivity contribution in [3.63, 3.8) is 0 Å². The molecule has 1 aromatic rings. The molecule has 3 rings (SSSR count). The van der Waals surface area contributed by atoms with E-state index >= 15 is 0 Å². The summed E-state index contributed by atoms with van der Waals surface area (Å²) in [7, 11) is 0. The van der Waals surface area contributed by atoms with Gasteiger partial charge in [-0.1, -0.05) is 11.6 Å². The Morgan fingerprint density at radius 1 is 1.35 bits per heavy atom. The van der Waals surface area contributed by atoms with Crippen molar-refractivity contribution in [3.8, 4) is 5.75 Å². The summed E-state index contributed by atoms with van der Waals surface area (Å²) in [5, 5.41) is 4.21. The van der Waals surface area contributed by atoms with Crippen molar-refractivity contribution < 1.29 is 4.74 Å². The quantitative estimate of drug-likeness (QED) is 0.905. The van der Waals surface area contributed by atoms with Crippen LogP contribution in [0.1, 0.15) is 19.8 Å². The molecule has 2 heterocycles. The van der Waals surface area contributed by atoms with Gasteiger partial charge in [0.05, 0.1) is 12.2 Å². The summed E-state index contributed by atoms with van der Waals surface area (Å²) in [6, 6.07) is 5.92. The van der Waals surface area contributed by atoms with Crippen molar-refractivity contribution in [1.82, 2.24) is 5.32 Å². The van der Waals surface area contributed by atoms with E-state index in [1.54, 1.807) is 0 Å². The van der Waals surface area contributed by atoms with Gasteiger partial charge in [0.2, 0.25) is 0 Å². The first kappa shape index (κ1) is 15.7. The zero-order valence-electron chi connectivity index (χ0n) is 11.8. The number of halogens is 2. The lowest BCUT2D eigenvalue weighted by molar-refractivity contribution is 0.208. The maximum absolute atomic E-state index is 6.13. The van der Waals surface area contributed by atoms with Crippen LogP contribution in [0.3, 0.4) is 0 Å². The van der Waals surface area contributed by atoms with Crippen LogP contribution in [-0.4, -0.2) is 32.3 Å². The van der Waals surface area contributed by atoms with E-state index in [9.17, 15) is 0 Å². The molecule has 2 aliphatic heterocycles. The summed E-state index contributed by atoms with van der Waals surface area (Å²) < 4.78 is 5.89. The fourth-order valence-electron chi connectivity index (χ4n) is 3.05. The van der Waals surface area contributed by atoms with Gasteiger partial charge in [-0.15, -0.1) is 12.4 Å². The number of benzene rings is 1. The number of piperidine rings is 1. The highest BCUT2D eigenvalue weighted by molar-refractivity contribution is 6.30. The lowest BCUT2D eigenvalue weighted by atomic mass is 9.97. The largest absolute Gasteiger partial charge is 0.487 e. The number of anilines is 1. The fraction of sp³-hybridized carbons (Fsp3) is 0.600. The summed E-state index contributed by atoms with van der Waals surface area (Å²) in [5.74, 6) is 1.75. The number of nitrogens with zero attached hydrogens (tertiary/aromatic N) is 1. The van der Waals surface area contributed by atoms with Crippen LogP contribution < -0.4 is 15.0 Å². The van der Waals surface area contributed by atoms with E-state index in [4.69, 9.17) is 16.3 Å². The van der Waals surface area contributed by atoms with Gasteiger partial charge >= 0.3 is 0 Å². The average Bonchev–Trinajstić information content (AvgIpc) is 2.41. The molecule has 0 radical (unpaired) electrons. The Bertz CT molecular complexity index is 449. The SMILES string of the molecule is CC1CN(CC2CCNCC2)c2cc(Cl)ccc2O1.Cl. The Morgan fingerprint density at radius 3 is 2.85 bits per heavy atom. The molecule has 20 heavy (non-hydrogen) atoms. The van der Waals surface area contributed by atoms with Gasteiger partial charge < -0.3 is 15.0 Å². The highest BCUT2D eigenvalue weighted by atomic mass is 35.5. The molecule has 0 aromatic heterocycles. The second-order valence-electron chi connectivity index (χ2n) is 5.64. The van der Waals surface area contributed by atoms with E-state index in [1.165, 1.54) is 12.8 Å². The molecule has 1 unspecified atom stereocenters. The van der Waals surface area contributed by atoms with E-state index in [-0.39, 0.29) is 18.5 Å². The topological polar surface area (TPSA) is 24.5 Å². The van der Waals surface area contributed by atoms with Crippen LogP contribution in [0.15, 0.2) is 18.2 Å². The van der Waals surface area contributed by atoms with Gasteiger partial charge in [-0.25, -0.2) is 0 Å². The number of ether oxygens (including phenoxy) is 1. The minimum atomic E-state index is 0. The predicted molar refractivity (Wildman–Crippen MR) is 86.6 cm³/mol. The molecule has 1 atom stereocenters. The second kappa shape index (κ2) is 6.88. The summed E-state index contributed by atoms with van der Waals surface area (Å²) in [5.41, 5.74) is 1.16. The summed E-state index contributed by atoms with van der Waals surface area (Å²) in [4.78, 5) is 2.45. The standard InChI is InChI=1S/C15H21ClN2O.ClH/c1-11-9-18(10-12-4-6-17-7-5-12)14-8-13(16)2-3-15(14)19-11;/h2-3,8,11-12,17H,4-7,9-10H2,1H3;1H. The number of rotatable bonds is 2. The normalized spacial score (nSPS) is 22.7. The van der Waals surface area contributed by atoms with Crippen LogP contribution >= 0.6 is 24.0 Å². The number of hydrogen-bond acceptors (Lipinski definition) is 3. The molecule has 0 bridgehead atoms. The molecular formula is C15H22Cl2N2O. The van der Waals surface area contributed by atoms with Crippen molar-refractivity contribution in [2.45, 2.75) is 25.9 Å². The van der Waals surface area contributed by atoms with Gasteiger partial charge in [-0.3, -0.25) is 0 Å². The molecule has 5 heteroatoms. The van der Waals surface area contributed by atoms with Crippen molar-refractivity contribution in [2.24, 2.45) is 5.92 Å². The van der Waals surface area contributed by atoms with Gasteiger partial charge in [0.1, 0.15) is 11.9 Å². The molecule has 1 aromatic carbocycles. The third kappa shape index (κ3) is 3.51. The van der Waals surface area contributed by atoms with Crippen LogP contribution in [0.5, 0.6) is 5.75 Å². The Balaban J connectivity index is 0.00000147. The lowest BCUT2D eigenvalue weighted by Crippen LogP contribution is -2.43. The Morgan fingerprint density at radius 2 is 2.10 bits per heavy atom. The van der Waals surface area contributed by atoms with Crippen molar-refractivity contribution in [1.29, 1.82) is 0 Å². The molecule has 0 aliphatic carbocycles. The Labute approximate surface area is 132 Å². The molecule has 3 nitrogen and oxygen atoms in total. The second-order valence-corrected chi connectivity index (χ2v) is 6.08. The highest BCUT2D eigenvalue weighted by Crippen LogP contribution is 2.36. The minimum Gasteiger partial charge on any atom is -0.487 e. The maximum Gasteiger partial charge on any atom is 0.143 e. The van der Waals surface area contributed by atoms with Gasteiger partial charge in [0.25, 0.3) is 0 Å². The molecule has 0 spiro atoms. The zero-order chi connectivity index (χ0) is 13.2. The summed E-state index contributed by atoms with van der Waals surface area (Å²) in [6.07, 6.45) is 2.78. The van der Waals surface area contributed by atoms with Crippen molar-refractivity contribution >= 4 is 29.7 Å². The summed E-state index contributed by atoms with van der Waals surface area (Å²) >= 11 is 6.13. The average molecular weight is 317 g/mol. The first-order chi connectivity index (χ1) is 9.22. The van der Waals surface area contributed by atoms with Crippen molar-refractivity contribution in [3.05, 3.63) is 23.2 Å². The number of nitrogens with one attached hydrogen (secondary N) is 1. The first-order valence-corrected chi connectivity index (χ1v) is 7.52. The lowest BCUT2D eigenvalue weighted by Gasteiger charge is -2.38. The molecule has 112 valence electrons. The minimum absolute atomic E-state index is 0. The highest BCUT2D eigenvalue weighted by Gasteiger charge is 2.26. The third-order valence-corrected chi connectivity index (χ3v) is 4.24. The molecular weight excluding hydrogens is 295 g/mol. The van der Waals surface area contributed by atoms with E-state index in [2.05, 4.69) is 17.1 Å². The first-order valence-electron chi connectivity index (χ1n) is 7.14. The van der Waals surface area contributed by atoms with Gasteiger partial charge in [0, 0.05) is 11.6 Å². The Kier molecular flexibility index (Phi) is 5.42. The van der Waals surface area contributed by atoms with E-state index in [0.29, 0.717) is 0 Å². The number of fused-ring (bicyclic) bond motifs is 1. The van der Waals surface area contributed by atoms with Crippen LogP contribution in [0.25, 0.3) is 0 Å².